The lowest BCUT2D eigenvalue weighted by atomic mass is 10.1. The molecule has 0 aliphatic carbocycles. The Morgan fingerprint density at radius 3 is 2.62 bits per heavy atom. The number of anilines is 2. The van der Waals surface area contributed by atoms with Crippen LogP contribution in [0, 0.1) is 12.8 Å². The summed E-state index contributed by atoms with van der Waals surface area (Å²) in [6.07, 6.45) is 2.35. The first kappa shape index (κ1) is 18.0. The molecule has 0 atom stereocenters. The van der Waals surface area contributed by atoms with Crippen molar-refractivity contribution in [3.63, 3.8) is 0 Å². The molecule has 2 N–H and O–H groups in total. The number of nitrogens with one attached hydrogen (secondary N) is 2. The van der Waals surface area contributed by atoms with Crippen LogP contribution in [0.2, 0.25) is 0 Å². The average molecular weight is 331 g/mol. The van der Waals surface area contributed by atoms with Gasteiger partial charge in [0.1, 0.15) is 0 Å². The molecule has 1 aliphatic rings. The van der Waals surface area contributed by atoms with Crippen LogP contribution < -0.4 is 10.6 Å². The van der Waals surface area contributed by atoms with Crippen molar-refractivity contribution in [1.29, 1.82) is 0 Å². The smallest absolute Gasteiger partial charge is 0.244 e. The second-order valence-electron chi connectivity index (χ2n) is 6.49. The predicted octanol–water partition coefficient (Wildman–Crippen LogP) is 2.54. The number of carbonyl (C=O) groups excluding carboxylic acids is 3. The summed E-state index contributed by atoms with van der Waals surface area (Å²) in [6.45, 7) is 6.23. The summed E-state index contributed by atoms with van der Waals surface area (Å²) in [7, 11) is 0. The summed E-state index contributed by atoms with van der Waals surface area (Å²) in [5.74, 6) is -0.378. The predicted molar refractivity (Wildman–Crippen MR) is 93.7 cm³/mol. The number of rotatable bonds is 5. The maximum absolute atomic E-state index is 12.2. The molecular formula is C18H25N3O3. The van der Waals surface area contributed by atoms with Crippen molar-refractivity contribution in [2.75, 3.05) is 23.7 Å². The van der Waals surface area contributed by atoms with Crippen molar-refractivity contribution in [1.82, 2.24) is 4.90 Å². The van der Waals surface area contributed by atoms with E-state index in [0.717, 1.165) is 18.4 Å². The molecule has 0 radical (unpaired) electrons. The zero-order valence-electron chi connectivity index (χ0n) is 14.5. The maximum Gasteiger partial charge on any atom is 0.244 e. The van der Waals surface area contributed by atoms with E-state index in [4.69, 9.17) is 0 Å². The molecule has 0 saturated carbocycles. The molecule has 1 heterocycles. The van der Waals surface area contributed by atoms with Gasteiger partial charge in [-0.25, -0.2) is 0 Å². The number of piperidine rings is 1. The van der Waals surface area contributed by atoms with Crippen LogP contribution in [0.3, 0.4) is 0 Å². The molecular weight excluding hydrogens is 306 g/mol. The van der Waals surface area contributed by atoms with Gasteiger partial charge < -0.3 is 15.5 Å². The Kier molecular flexibility index (Phi) is 5.95. The Morgan fingerprint density at radius 2 is 1.96 bits per heavy atom. The second kappa shape index (κ2) is 7.95. The molecule has 3 amide bonds. The summed E-state index contributed by atoms with van der Waals surface area (Å²) in [5, 5.41) is 5.65. The molecule has 0 unspecified atom stereocenters. The quantitative estimate of drug-likeness (QED) is 0.870. The van der Waals surface area contributed by atoms with Gasteiger partial charge in [-0.15, -0.1) is 0 Å². The highest BCUT2D eigenvalue weighted by molar-refractivity contribution is 5.97. The number of likely N-dealkylation sites (tertiary alicyclic amines) is 1. The van der Waals surface area contributed by atoms with Crippen LogP contribution in [-0.4, -0.2) is 35.7 Å². The largest absolute Gasteiger partial charge is 0.333 e. The molecule has 1 fully saturated rings. The van der Waals surface area contributed by atoms with Crippen LogP contribution in [0.4, 0.5) is 11.4 Å². The molecule has 24 heavy (non-hydrogen) atoms. The Hall–Kier alpha value is -2.37. The Bertz CT molecular complexity index is 640. The van der Waals surface area contributed by atoms with Gasteiger partial charge in [-0.2, -0.15) is 0 Å². The van der Waals surface area contributed by atoms with E-state index in [1.807, 2.05) is 26.8 Å². The molecule has 1 aliphatic heterocycles. The summed E-state index contributed by atoms with van der Waals surface area (Å²) < 4.78 is 0. The monoisotopic (exact) mass is 331 g/mol. The lowest BCUT2D eigenvalue weighted by Crippen LogP contribution is -2.40. The van der Waals surface area contributed by atoms with E-state index < -0.39 is 0 Å². The molecule has 0 spiro atoms. The van der Waals surface area contributed by atoms with E-state index in [-0.39, 0.29) is 30.2 Å². The van der Waals surface area contributed by atoms with Gasteiger partial charge in [-0.3, -0.25) is 14.4 Å². The standard InChI is InChI=1S/C18H25N3O3/c1-12(2)18(24)19-14-8-7-13(3)15(10-14)20-16(22)11-21-9-5-4-6-17(21)23/h7-8,10,12H,4-6,9,11H2,1-3H3,(H,19,24)(H,20,22). The van der Waals surface area contributed by atoms with Gasteiger partial charge in [0.2, 0.25) is 17.7 Å². The van der Waals surface area contributed by atoms with E-state index >= 15 is 0 Å². The number of hydrogen-bond donors (Lipinski definition) is 2. The Morgan fingerprint density at radius 1 is 1.21 bits per heavy atom. The first-order valence-corrected chi connectivity index (χ1v) is 8.36. The van der Waals surface area contributed by atoms with Crippen molar-refractivity contribution in [3.05, 3.63) is 23.8 Å². The molecule has 6 heteroatoms. The SMILES string of the molecule is Cc1ccc(NC(=O)C(C)C)cc1NC(=O)CN1CCCCC1=O. The van der Waals surface area contributed by atoms with Gasteiger partial charge >= 0.3 is 0 Å². The van der Waals surface area contributed by atoms with E-state index in [9.17, 15) is 14.4 Å². The minimum absolute atomic E-state index is 0.0334. The number of amides is 3. The van der Waals surface area contributed by atoms with Crippen molar-refractivity contribution in [2.45, 2.75) is 40.0 Å². The summed E-state index contributed by atoms with van der Waals surface area (Å²) >= 11 is 0. The van der Waals surface area contributed by atoms with Gasteiger partial charge in [-0.05, 0) is 37.5 Å². The van der Waals surface area contributed by atoms with Gasteiger partial charge in [0.15, 0.2) is 0 Å². The number of nitrogens with zero attached hydrogens (tertiary/aromatic N) is 1. The summed E-state index contributed by atoms with van der Waals surface area (Å²) in [5.41, 5.74) is 2.19. The minimum Gasteiger partial charge on any atom is -0.333 e. The fourth-order valence-corrected chi connectivity index (χ4v) is 2.51. The third kappa shape index (κ3) is 4.81. The van der Waals surface area contributed by atoms with Crippen molar-refractivity contribution < 1.29 is 14.4 Å². The second-order valence-corrected chi connectivity index (χ2v) is 6.49. The third-order valence-electron chi connectivity index (χ3n) is 4.06. The van der Waals surface area contributed by atoms with Crippen LogP contribution in [0.25, 0.3) is 0 Å². The van der Waals surface area contributed by atoms with Crippen molar-refractivity contribution in [3.8, 4) is 0 Å². The molecule has 130 valence electrons. The first-order chi connectivity index (χ1) is 11.4. The minimum atomic E-state index is -0.222. The van der Waals surface area contributed by atoms with E-state index in [0.29, 0.717) is 24.3 Å². The molecule has 1 saturated heterocycles. The van der Waals surface area contributed by atoms with E-state index in [1.54, 1.807) is 17.0 Å². The number of benzene rings is 1. The van der Waals surface area contributed by atoms with Crippen LogP contribution >= 0.6 is 0 Å². The molecule has 2 rings (SSSR count). The van der Waals surface area contributed by atoms with Gasteiger partial charge in [0, 0.05) is 30.3 Å². The first-order valence-electron chi connectivity index (χ1n) is 8.36. The Balaban J connectivity index is 2.01. The topological polar surface area (TPSA) is 78.5 Å². The maximum atomic E-state index is 12.2. The fraction of sp³-hybridized carbons (Fsp3) is 0.500. The van der Waals surface area contributed by atoms with Crippen molar-refractivity contribution in [2.24, 2.45) is 5.92 Å². The number of hydrogen-bond acceptors (Lipinski definition) is 3. The fourth-order valence-electron chi connectivity index (χ4n) is 2.51. The third-order valence-corrected chi connectivity index (χ3v) is 4.06. The molecule has 1 aromatic rings. The highest BCUT2D eigenvalue weighted by Gasteiger charge is 2.20. The van der Waals surface area contributed by atoms with Crippen LogP contribution in [0.15, 0.2) is 18.2 Å². The molecule has 0 aromatic heterocycles. The summed E-state index contributed by atoms with van der Waals surface area (Å²) in [4.78, 5) is 37.4. The van der Waals surface area contributed by atoms with E-state index in [1.165, 1.54) is 0 Å². The number of carbonyl (C=O) groups is 3. The highest BCUT2D eigenvalue weighted by atomic mass is 16.2. The normalized spacial score (nSPS) is 14.7. The molecule has 0 bridgehead atoms. The van der Waals surface area contributed by atoms with Gasteiger partial charge in [-0.1, -0.05) is 19.9 Å². The van der Waals surface area contributed by atoms with Crippen LogP contribution in [0.5, 0.6) is 0 Å². The van der Waals surface area contributed by atoms with Gasteiger partial charge in [0.25, 0.3) is 0 Å². The average Bonchev–Trinajstić information content (AvgIpc) is 2.52. The van der Waals surface area contributed by atoms with E-state index in [2.05, 4.69) is 10.6 Å². The molecule has 6 nitrogen and oxygen atoms in total. The lowest BCUT2D eigenvalue weighted by molar-refractivity contribution is -0.136. The highest BCUT2D eigenvalue weighted by Crippen LogP contribution is 2.21. The summed E-state index contributed by atoms with van der Waals surface area (Å²) in [6, 6.07) is 5.39. The van der Waals surface area contributed by atoms with Crippen molar-refractivity contribution >= 4 is 29.1 Å². The van der Waals surface area contributed by atoms with Gasteiger partial charge in [0.05, 0.1) is 6.54 Å². The van der Waals surface area contributed by atoms with Crippen LogP contribution in [-0.2, 0) is 14.4 Å². The lowest BCUT2D eigenvalue weighted by Gasteiger charge is -2.26. The molecule has 1 aromatic carbocycles. The number of aryl methyl sites for hydroxylation is 1. The zero-order valence-corrected chi connectivity index (χ0v) is 14.5. The Labute approximate surface area is 142 Å². The zero-order chi connectivity index (χ0) is 17.7. The van der Waals surface area contributed by atoms with Crippen LogP contribution in [0.1, 0.15) is 38.7 Å².